The van der Waals surface area contributed by atoms with Crippen LogP contribution in [0.2, 0.25) is 0 Å². The fraction of sp³-hybridized carbons (Fsp3) is 0.571. The summed E-state index contributed by atoms with van der Waals surface area (Å²) in [4.78, 5) is 0. The van der Waals surface area contributed by atoms with E-state index in [1.807, 2.05) is 13.8 Å². The van der Waals surface area contributed by atoms with Crippen molar-refractivity contribution in [2.45, 2.75) is 25.4 Å². The highest BCUT2D eigenvalue weighted by Crippen LogP contribution is 2.04. The van der Waals surface area contributed by atoms with Gasteiger partial charge in [-0.05, 0) is 12.0 Å². The summed E-state index contributed by atoms with van der Waals surface area (Å²) in [6.45, 7) is 4.74. The lowest BCUT2D eigenvalue weighted by atomic mass is 10.2. The van der Waals surface area contributed by atoms with Gasteiger partial charge < -0.3 is 0 Å². The van der Waals surface area contributed by atoms with Crippen molar-refractivity contribution >= 4 is 10.0 Å². The molecule has 0 radical (unpaired) electrons. The van der Waals surface area contributed by atoms with E-state index in [0.717, 1.165) is 0 Å². The first-order chi connectivity index (χ1) is 5.89. The average molecular weight is 203 g/mol. The van der Waals surface area contributed by atoms with Gasteiger partial charge in [-0.3, -0.25) is 4.68 Å². The van der Waals surface area contributed by atoms with Crippen LogP contribution < -0.4 is 5.14 Å². The molecule has 0 aromatic carbocycles. The second-order valence-corrected chi connectivity index (χ2v) is 4.82. The molecule has 0 aliphatic carbocycles. The predicted octanol–water partition coefficient (Wildman–Crippen LogP) is 0.186. The molecule has 5 nitrogen and oxygen atoms in total. The van der Waals surface area contributed by atoms with Gasteiger partial charge in [-0.2, -0.15) is 5.10 Å². The summed E-state index contributed by atoms with van der Waals surface area (Å²) in [5.41, 5.74) is 0. The number of sulfonamides is 1. The Kier molecular flexibility index (Phi) is 2.72. The summed E-state index contributed by atoms with van der Waals surface area (Å²) < 4.78 is 23.2. The Hall–Kier alpha value is -0.880. The second kappa shape index (κ2) is 3.47. The van der Waals surface area contributed by atoms with Crippen LogP contribution in [0, 0.1) is 5.92 Å². The number of hydrogen-bond donors (Lipinski definition) is 1. The second-order valence-electron chi connectivity index (χ2n) is 3.31. The van der Waals surface area contributed by atoms with Gasteiger partial charge in [0.05, 0.1) is 0 Å². The SMILES string of the molecule is CC(C)Cn1ccc(S(N)(=O)=O)n1. The fourth-order valence-corrected chi connectivity index (χ4v) is 1.44. The first-order valence-corrected chi connectivity index (χ1v) is 5.50. The van der Waals surface area contributed by atoms with E-state index in [2.05, 4.69) is 5.10 Å². The zero-order valence-corrected chi connectivity index (χ0v) is 8.45. The third-order valence-electron chi connectivity index (χ3n) is 1.46. The van der Waals surface area contributed by atoms with E-state index in [9.17, 15) is 8.42 Å². The van der Waals surface area contributed by atoms with Crippen LogP contribution >= 0.6 is 0 Å². The minimum atomic E-state index is -3.65. The quantitative estimate of drug-likeness (QED) is 0.761. The van der Waals surface area contributed by atoms with Gasteiger partial charge in [0.25, 0.3) is 10.0 Å². The van der Waals surface area contributed by atoms with Crippen LogP contribution in [0.3, 0.4) is 0 Å². The summed E-state index contributed by atoms with van der Waals surface area (Å²) in [5.74, 6) is 0.424. The van der Waals surface area contributed by atoms with Gasteiger partial charge in [0, 0.05) is 12.7 Å². The van der Waals surface area contributed by atoms with Crippen LogP contribution in [0.4, 0.5) is 0 Å². The number of nitrogens with two attached hydrogens (primary N) is 1. The third-order valence-corrected chi connectivity index (χ3v) is 2.26. The third kappa shape index (κ3) is 2.82. The number of hydrogen-bond acceptors (Lipinski definition) is 3. The van der Waals surface area contributed by atoms with Crippen LogP contribution in [-0.4, -0.2) is 18.2 Å². The van der Waals surface area contributed by atoms with E-state index in [-0.39, 0.29) is 5.03 Å². The Morgan fingerprint density at radius 2 is 2.23 bits per heavy atom. The van der Waals surface area contributed by atoms with Crippen LogP contribution in [0.15, 0.2) is 17.3 Å². The van der Waals surface area contributed by atoms with Gasteiger partial charge in [0.2, 0.25) is 0 Å². The van der Waals surface area contributed by atoms with E-state index in [1.165, 1.54) is 6.07 Å². The molecule has 0 spiro atoms. The van der Waals surface area contributed by atoms with Crippen LogP contribution in [0.1, 0.15) is 13.8 Å². The van der Waals surface area contributed by atoms with Crippen molar-refractivity contribution in [2.24, 2.45) is 11.1 Å². The van der Waals surface area contributed by atoms with Crippen LogP contribution in [-0.2, 0) is 16.6 Å². The molecule has 2 N–H and O–H groups in total. The zero-order valence-electron chi connectivity index (χ0n) is 7.64. The molecule has 6 heteroatoms. The van der Waals surface area contributed by atoms with E-state index in [1.54, 1.807) is 10.9 Å². The normalized spacial score (nSPS) is 12.3. The molecule has 0 saturated heterocycles. The van der Waals surface area contributed by atoms with Gasteiger partial charge in [0.15, 0.2) is 5.03 Å². The number of nitrogens with zero attached hydrogens (tertiary/aromatic N) is 2. The van der Waals surface area contributed by atoms with Crippen molar-refractivity contribution < 1.29 is 8.42 Å². The molecule has 1 aromatic heterocycles. The molecule has 74 valence electrons. The summed E-state index contributed by atoms with van der Waals surface area (Å²) in [6, 6.07) is 1.40. The fourth-order valence-electron chi connectivity index (χ4n) is 0.971. The Balaban J connectivity index is 2.88. The van der Waals surface area contributed by atoms with E-state index >= 15 is 0 Å². The lowest BCUT2D eigenvalue weighted by molar-refractivity contribution is 0.474. The maximum absolute atomic E-state index is 10.8. The van der Waals surface area contributed by atoms with Crippen molar-refractivity contribution in [3.63, 3.8) is 0 Å². The van der Waals surface area contributed by atoms with Crippen molar-refractivity contribution in [1.29, 1.82) is 0 Å². The topological polar surface area (TPSA) is 78.0 Å². The number of rotatable bonds is 3. The van der Waals surface area contributed by atoms with Gasteiger partial charge in [-0.25, -0.2) is 13.6 Å². The molecular formula is C7H13N3O2S. The Morgan fingerprint density at radius 1 is 1.62 bits per heavy atom. The summed E-state index contributed by atoms with van der Waals surface area (Å²) in [7, 11) is -3.65. The number of aromatic nitrogens is 2. The molecule has 0 atom stereocenters. The molecule has 0 bridgehead atoms. The van der Waals surface area contributed by atoms with E-state index < -0.39 is 10.0 Å². The van der Waals surface area contributed by atoms with Gasteiger partial charge >= 0.3 is 0 Å². The first-order valence-electron chi connectivity index (χ1n) is 3.96. The van der Waals surface area contributed by atoms with Crippen LogP contribution in [0.5, 0.6) is 0 Å². The van der Waals surface area contributed by atoms with Crippen LogP contribution in [0.25, 0.3) is 0 Å². The summed E-state index contributed by atoms with van der Waals surface area (Å²) in [5, 5.41) is 8.65. The average Bonchev–Trinajstić information content (AvgIpc) is 2.32. The molecule has 0 fully saturated rings. The summed E-state index contributed by atoms with van der Waals surface area (Å²) >= 11 is 0. The highest BCUT2D eigenvalue weighted by Gasteiger charge is 2.11. The smallest absolute Gasteiger partial charge is 0.257 e. The lowest BCUT2D eigenvalue weighted by Crippen LogP contribution is -2.14. The summed E-state index contributed by atoms with van der Waals surface area (Å²) in [6.07, 6.45) is 1.61. The number of primary sulfonamides is 1. The Bertz CT molecular complexity index is 380. The van der Waals surface area contributed by atoms with Gasteiger partial charge in [-0.1, -0.05) is 13.8 Å². The minimum absolute atomic E-state index is 0.0758. The molecule has 1 heterocycles. The predicted molar refractivity (Wildman–Crippen MR) is 48.4 cm³/mol. The molecule has 13 heavy (non-hydrogen) atoms. The molecule has 0 unspecified atom stereocenters. The molecular weight excluding hydrogens is 190 g/mol. The monoisotopic (exact) mass is 203 g/mol. The Labute approximate surface area is 77.6 Å². The largest absolute Gasteiger partial charge is 0.271 e. The molecule has 1 aromatic rings. The van der Waals surface area contributed by atoms with E-state index in [4.69, 9.17) is 5.14 Å². The minimum Gasteiger partial charge on any atom is -0.271 e. The van der Waals surface area contributed by atoms with Crippen molar-refractivity contribution in [3.05, 3.63) is 12.3 Å². The van der Waals surface area contributed by atoms with Crippen molar-refractivity contribution in [1.82, 2.24) is 9.78 Å². The Morgan fingerprint density at radius 3 is 2.62 bits per heavy atom. The standard InChI is InChI=1S/C7H13N3O2S/c1-6(2)5-10-4-3-7(9-10)13(8,11)12/h3-4,6H,5H2,1-2H3,(H2,8,11,12). The van der Waals surface area contributed by atoms with Crippen molar-refractivity contribution in [3.8, 4) is 0 Å². The first kappa shape index (κ1) is 10.2. The maximum atomic E-state index is 10.8. The molecule has 0 amide bonds. The highest BCUT2D eigenvalue weighted by atomic mass is 32.2. The van der Waals surface area contributed by atoms with Gasteiger partial charge in [-0.15, -0.1) is 0 Å². The highest BCUT2D eigenvalue weighted by molar-refractivity contribution is 7.89. The molecule has 0 aliphatic rings. The van der Waals surface area contributed by atoms with Gasteiger partial charge in [0.1, 0.15) is 0 Å². The van der Waals surface area contributed by atoms with Crippen molar-refractivity contribution in [2.75, 3.05) is 0 Å². The molecule has 0 saturated carbocycles. The maximum Gasteiger partial charge on any atom is 0.257 e. The lowest BCUT2D eigenvalue weighted by Gasteiger charge is -2.03. The van der Waals surface area contributed by atoms with E-state index in [0.29, 0.717) is 12.5 Å². The molecule has 0 aliphatic heterocycles. The molecule has 1 rings (SSSR count). The zero-order chi connectivity index (χ0) is 10.1.